The van der Waals surface area contributed by atoms with Crippen molar-refractivity contribution in [3.05, 3.63) is 41.0 Å². The number of rotatable bonds is 0. The smallest absolute Gasteiger partial charge is 0.101 e. The summed E-state index contributed by atoms with van der Waals surface area (Å²) >= 11 is 5.77. The molecule has 0 bridgehead atoms. The van der Waals surface area contributed by atoms with Crippen LogP contribution in [0, 0.1) is 11.3 Å². The molecule has 13 heavy (non-hydrogen) atoms. The van der Waals surface area contributed by atoms with Crippen molar-refractivity contribution < 1.29 is 0 Å². The van der Waals surface area contributed by atoms with Gasteiger partial charge in [0.2, 0.25) is 0 Å². The minimum absolute atomic E-state index is 0.578. The van der Waals surface area contributed by atoms with Crippen molar-refractivity contribution in [3.8, 4) is 6.07 Å². The van der Waals surface area contributed by atoms with E-state index in [1.165, 1.54) is 0 Å². The molecule has 0 aliphatic carbocycles. The lowest BCUT2D eigenvalue weighted by Crippen LogP contribution is -1.83. The molecule has 1 heterocycles. The van der Waals surface area contributed by atoms with Crippen LogP contribution in [0.4, 0.5) is 0 Å². The van der Waals surface area contributed by atoms with Crippen LogP contribution in [0.3, 0.4) is 0 Å². The lowest BCUT2D eigenvalue weighted by Gasteiger charge is -1.98. The van der Waals surface area contributed by atoms with Gasteiger partial charge in [0.05, 0.1) is 16.1 Å². The average molecular weight is 189 g/mol. The van der Waals surface area contributed by atoms with E-state index in [0.717, 1.165) is 5.39 Å². The minimum Gasteiger partial charge on any atom is -0.253 e. The molecule has 0 atom stereocenters. The van der Waals surface area contributed by atoms with Crippen molar-refractivity contribution in [1.29, 1.82) is 5.26 Å². The van der Waals surface area contributed by atoms with Gasteiger partial charge in [-0.3, -0.25) is 4.98 Å². The fourth-order valence-electron chi connectivity index (χ4n) is 1.22. The molecule has 0 aliphatic rings. The third-order valence-electron chi connectivity index (χ3n) is 1.80. The summed E-state index contributed by atoms with van der Waals surface area (Å²) in [5.41, 5.74) is 1.28. The Kier molecular flexibility index (Phi) is 1.88. The number of fused-ring (bicyclic) bond motifs is 1. The number of halogens is 1. The molecule has 0 saturated heterocycles. The van der Waals surface area contributed by atoms with E-state index in [1.807, 2.05) is 12.1 Å². The molecule has 3 heteroatoms. The summed E-state index contributed by atoms with van der Waals surface area (Å²) in [6.07, 6.45) is 1.55. The van der Waals surface area contributed by atoms with E-state index in [4.69, 9.17) is 16.9 Å². The van der Waals surface area contributed by atoms with Crippen molar-refractivity contribution in [1.82, 2.24) is 4.98 Å². The Bertz CT molecular complexity index is 500. The van der Waals surface area contributed by atoms with Crippen LogP contribution in [0.15, 0.2) is 30.5 Å². The fraction of sp³-hybridized carbons (Fsp3) is 0. The van der Waals surface area contributed by atoms with Crippen molar-refractivity contribution in [2.75, 3.05) is 0 Å². The Morgan fingerprint density at radius 3 is 3.00 bits per heavy atom. The first-order valence-corrected chi connectivity index (χ1v) is 4.13. The zero-order chi connectivity index (χ0) is 9.26. The number of aromatic nitrogens is 1. The van der Waals surface area contributed by atoms with Gasteiger partial charge in [-0.1, -0.05) is 23.7 Å². The van der Waals surface area contributed by atoms with Gasteiger partial charge in [0.25, 0.3) is 0 Å². The van der Waals surface area contributed by atoms with Gasteiger partial charge >= 0.3 is 0 Å². The molecule has 2 rings (SSSR count). The second-order valence-electron chi connectivity index (χ2n) is 2.64. The summed E-state index contributed by atoms with van der Waals surface area (Å²) < 4.78 is 0. The molecule has 0 radical (unpaired) electrons. The molecule has 0 spiro atoms. The lowest BCUT2D eigenvalue weighted by molar-refractivity contribution is 1.39. The SMILES string of the molecule is N#Cc1cccc2cc(Cl)cnc12. The molecule has 0 aliphatic heterocycles. The quantitative estimate of drug-likeness (QED) is 0.638. The van der Waals surface area contributed by atoms with E-state index in [2.05, 4.69) is 11.1 Å². The monoisotopic (exact) mass is 188 g/mol. The van der Waals surface area contributed by atoms with Gasteiger partial charge in [0.1, 0.15) is 6.07 Å². The highest BCUT2D eigenvalue weighted by Gasteiger charge is 2.00. The van der Waals surface area contributed by atoms with Crippen molar-refractivity contribution in [2.45, 2.75) is 0 Å². The first-order chi connectivity index (χ1) is 6.31. The van der Waals surface area contributed by atoms with Gasteiger partial charge in [0, 0.05) is 11.6 Å². The Balaban J connectivity index is 2.87. The second-order valence-corrected chi connectivity index (χ2v) is 3.08. The van der Waals surface area contributed by atoms with Crippen LogP contribution in [0.25, 0.3) is 10.9 Å². The van der Waals surface area contributed by atoms with Gasteiger partial charge in [0.15, 0.2) is 0 Å². The van der Waals surface area contributed by atoms with Gasteiger partial charge in [-0.2, -0.15) is 5.26 Å². The van der Waals surface area contributed by atoms with Crippen LogP contribution in [0.5, 0.6) is 0 Å². The predicted molar refractivity (Wildman–Crippen MR) is 51.5 cm³/mol. The van der Waals surface area contributed by atoms with Crippen molar-refractivity contribution in [3.63, 3.8) is 0 Å². The maximum atomic E-state index is 8.78. The molecule has 2 nitrogen and oxygen atoms in total. The van der Waals surface area contributed by atoms with E-state index in [0.29, 0.717) is 16.1 Å². The number of hydrogen-bond acceptors (Lipinski definition) is 2. The van der Waals surface area contributed by atoms with Crippen LogP contribution in [0.2, 0.25) is 5.02 Å². The van der Waals surface area contributed by atoms with Crippen LogP contribution in [0.1, 0.15) is 5.56 Å². The summed E-state index contributed by atoms with van der Waals surface area (Å²) in [6, 6.07) is 9.32. The third-order valence-corrected chi connectivity index (χ3v) is 2.00. The fourth-order valence-corrected chi connectivity index (χ4v) is 1.39. The molecule has 1 aromatic carbocycles. The van der Waals surface area contributed by atoms with Crippen LogP contribution < -0.4 is 0 Å². The highest BCUT2D eigenvalue weighted by Crippen LogP contribution is 2.19. The maximum absolute atomic E-state index is 8.78. The van der Waals surface area contributed by atoms with E-state index < -0.39 is 0 Å². The normalized spacial score (nSPS) is 9.85. The first-order valence-electron chi connectivity index (χ1n) is 3.75. The zero-order valence-corrected chi connectivity index (χ0v) is 7.42. The molecule has 1 aromatic heterocycles. The highest BCUT2D eigenvalue weighted by atomic mass is 35.5. The van der Waals surface area contributed by atoms with E-state index in [-0.39, 0.29) is 0 Å². The number of para-hydroxylation sites is 1. The predicted octanol–water partition coefficient (Wildman–Crippen LogP) is 2.76. The summed E-state index contributed by atoms with van der Waals surface area (Å²) in [4.78, 5) is 4.10. The van der Waals surface area contributed by atoms with Crippen LogP contribution >= 0.6 is 11.6 Å². The standard InChI is InChI=1S/C10H5ClN2/c11-9-4-7-2-1-3-8(5-12)10(7)13-6-9/h1-4,6H. The summed E-state index contributed by atoms with van der Waals surface area (Å²) in [6.45, 7) is 0. The van der Waals surface area contributed by atoms with Crippen LogP contribution in [-0.4, -0.2) is 4.98 Å². The molecule has 2 aromatic rings. The highest BCUT2D eigenvalue weighted by molar-refractivity contribution is 6.31. The topological polar surface area (TPSA) is 36.7 Å². The Morgan fingerprint density at radius 1 is 1.38 bits per heavy atom. The lowest BCUT2D eigenvalue weighted by atomic mass is 10.1. The Hall–Kier alpha value is -1.59. The zero-order valence-electron chi connectivity index (χ0n) is 6.66. The minimum atomic E-state index is 0.578. The van der Waals surface area contributed by atoms with Crippen molar-refractivity contribution >= 4 is 22.5 Å². The molecular formula is C10H5ClN2. The van der Waals surface area contributed by atoms with E-state index >= 15 is 0 Å². The van der Waals surface area contributed by atoms with E-state index in [1.54, 1.807) is 18.3 Å². The van der Waals surface area contributed by atoms with Gasteiger partial charge in [-0.25, -0.2) is 0 Å². The van der Waals surface area contributed by atoms with Crippen molar-refractivity contribution in [2.24, 2.45) is 0 Å². The molecule has 0 amide bonds. The average Bonchev–Trinajstić information content (AvgIpc) is 2.16. The molecule has 0 saturated carbocycles. The molecule has 0 N–H and O–H groups in total. The maximum Gasteiger partial charge on any atom is 0.101 e. The first kappa shape index (κ1) is 8.03. The summed E-state index contributed by atoms with van der Waals surface area (Å²) in [5, 5.41) is 10.3. The van der Waals surface area contributed by atoms with Crippen LogP contribution in [-0.2, 0) is 0 Å². The molecular weight excluding hydrogens is 184 g/mol. The number of nitriles is 1. The number of nitrogens with zero attached hydrogens (tertiary/aromatic N) is 2. The number of pyridine rings is 1. The van der Waals surface area contributed by atoms with Gasteiger partial charge in [-0.05, 0) is 12.1 Å². The third kappa shape index (κ3) is 1.34. The Labute approximate surface area is 80.4 Å². The second kappa shape index (κ2) is 3.04. The summed E-state index contributed by atoms with van der Waals surface area (Å²) in [5.74, 6) is 0. The molecule has 0 unspecified atom stereocenters. The molecule has 62 valence electrons. The largest absolute Gasteiger partial charge is 0.253 e. The Morgan fingerprint density at radius 2 is 2.23 bits per heavy atom. The number of benzene rings is 1. The number of hydrogen-bond donors (Lipinski definition) is 0. The summed E-state index contributed by atoms with van der Waals surface area (Å²) in [7, 11) is 0. The van der Waals surface area contributed by atoms with E-state index in [9.17, 15) is 0 Å². The van der Waals surface area contributed by atoms with Gasteiger partial charge < -0.3 is 0 Å². The van der Waals surface area contributed by atoms with Gasteiger partial charge in [-0.15, -0.1) is 0 Å². The molecule has 0 fully saturated rings.